The van der Waals surface area contributed by atoms with Gasteiger partial charge in [-0.3, -0.25) is 10.3 Å². The molecule has 1 aromatic carbocycles. The zero-order valence-corrected chi connectivity index (χ0v) is 18.8. The zero-order valence-electron chi connectivity index (χ0n) is 18.8. The molecule has 4 N–H and O–H groups in total. The predicted molar refractivity (Wildman–Crippen MR) is 119 cm³/mol. The van der Waals surface area contributed by atoms with Crippen molar-refractivity contribution in [2.24, 2.45) is 10.4 Å². The van der Waals surface area contributed by atoms with Crippen molar-refractivity contribution in [2.45, 2.75) is 60.0 Å². The Balaban J connectivity index is 2.54. The van der Waals surface area contributed by atoms with Crippen molar-refractivity contribution in [3.8, 4) is 0 Å². The molecule has 7 heteroatoms. The summed E-state index contributed by atoms with van der Waals surface area (Å²) in [5.41, 5.74) is 1.14. The van der Waals surface area contributed by atoms with Gasteiger partial charge in [-0.15, -0.1) is 0 Å². The lowest BCUT2D eigenvalue weighted by atomic mass is 9.89. The molecule has 0 bridgehead atoms. The Kier molecular flexibility index (Phi) is 9.95. The van der Waals surface area contributed by atoms with Crippen LogP contribution in [0.3, 0.4) is 0 Å². The molecular weight excluding hydrogens is 368 g/mol. The van der Waals surface area contributed by atoms with Gasteiger partial charge in [0.15, 0.2) is 5.96 Å². The van der Waals surface area contributed by atoms with Crippen molar-refractivity contribution < 1.29 is 14.6 Å². The number of ether oxygens (including phenoxy) is 1. The summed E-state index contributed by atoms with van der Waals surface area (Å²) in [5, 5.41) is 18.8. The lowest BCUT2D eigenvalue weighted by molar-refractivity contribution is 0.0636. The number of nitrogens with zero attached hydrogens (tertiary/aromatic N) is 1. The van der Waals surface area contributed by atoms with Gasteiger partial charge in [-0.25, -0.2) is 4.79 Å². The maximum Gasteiger partial charge on any atom is 0.412 e. The van der Waals surface area contributed by atoms with Crippen LogP contribution in [0.1, 0.15) is 53.5 Å². The van der Waals surface area contributed by atoms with E-state index < -0.39 is 11.7 Å². The first-order valence-corrected chi connectivity index (χ1v) is 10.3. The van der Waals surface area contributed by atoms with Crippen molar-refractivity contribution in [1.29, 1.82) is 0 Å². The Hall–Kier alpha value is -2.28. The number of hydrogen-bond acceptors (Lipinski definition) is 4. The summed E-state index contributed by atoms with van der Waals surface area (Å²) in [6, 6.07) is 7.70. The van der Waals surface area contributed by atoms with Crippen molar-refractivity contribution in [3.05, 3.63) is 29.8 Å². The van der Waals surface area contributed by atoms with Crippen LogP contribution in [0.4, 0.5) is 10.5 Å². The number of rotatable bonds is 9. The van der Waals surface area contributed by atoms with E-state index >= 15 is 0 Å². The van der Waals surface area contributed by atoms with Crippen LogP contribution in [-0.4, -0.2) is 49.0 Å². The third-order valence-electron chi connectivity index (χ3n) is 4.50. The minimum absolute atomic E-state index is 0.121. The highest BCUT2D eigenvalue weighted by molar-refractivity contribution is 5.84. The standard InChI is InChI=1S/C22H38N4O3/c1-7-22(6,16-27)15-25-19(23-8-2)24-14-13-17-9-11-18(12-10-17)26-20(28)29-21(3,4)5/h9-12,27H,7-8,13-16H2,1-6H3,(H,26,28)(H2,23,24,25). The van der Waals surface area contributed by atoms with Crippen molar-refractivity contribution >= 4 is 17.7 Å². The molecule has 0 aliphatic carbocycles. The first-order chi connectivity index (χ1) is 13.6. The minimum atomic E-state index is -0.521. The Morgan fingerprint density at radius 1 is 1.10 bits per heavy atom. The Morgan fingerprint density at radius 2 is 1.76 bits per heavy atom. The first kappa shape index (κ1) is 24.8. The predicted octanol–water partition coefficient (Wildman–Crippen LogP) is 3.54. The summed E-state index contributed by atoms with van der Waals surface area (Å²) in [6.45, 7) is 13.8. The van der Waals surface area contributed by atoms with E-state index in [1.807, 2.05) is 58.9 Å². The van der Waals surface area contributed by atoms with Crippen molar-refractivity contribution in [1.82, 2.24) is 10.6 Å². The summed E-state index contributed by atoms with van der Waals surface area (Å²) in [4.78, 5) is 16.4. The van der Waals surface area contributed by atoms with Gasteiger partial charge in [-0.1, -0.05) is 26.0 Å². The number of nitrogens with one attached hydrogen (secondary N) is 3. The van der Waals surface area contributed by atoms with Gasteiger partial charge in [0.2, 0.25) is 0 Å². The molecular formula is C22H38N4O3. The number of guanidine groups is 1. The average molecular weight is 407 g/mol. The molecule has 0 fully saturated rings. The van der Waals surface area contributed by atoms with Crippen LogP contribution in [0, 0.1) is 5.41 Å². The van der Waals surface area contributed by atoms with Crippen LogP contribution < -0.4 is 16.0 Å². The normalized spacial score (nSPS) is 14.1. The van der Waals surface area contributed by atoms with Crippen LogP contribution in [0.15, 0.2) is 29.3 Å². The third kappa shape index (κ3) is 10.2. The molecule has 1 aromatic rings. The molecule has 1 atom stereocenters. The molecule has 0 saturated carbocycles. The highest BCUT2D eigenvalue weighted by Crippen LogP contribution is 2.20. The van der Waals surface area contributed by atoms with E-state index in [2.05, 4.69) is 27.9 Å². The number of hydrogen-bond donors (Lipinski definition) is 4. The monoisotopic (exact) mass is 406 g/mol. The molecule has 0 aliphatic heterocycles. The van der Waals surface area contributed by atoms with Gasteiger partial charge in [0, 0.05) is 24.2 Å². The van der Waals surface area contributed by atoms with E-state index in [4.69, 9.17) is 4.74 Å². The molecule has 0 radical (unpaired) electrons. The largest absolute Gasteiger partial charge is 0.444 e. The maximum absolute atomic E-state index is 11.8. The van der Waals surface area contributed by atoms with Gasteiger partial charge >= 0.3 is 6.09 Å². The Bertz CT molecular complexity index is 647. The number of carbonyl (C=O) groups excluding carboxylic acids is 1. The van der Waals surface area contributed by atoms with Gasteiger partial charge in [0.05, 0.1) is 13.2 Å². The van der Waals surface area contributed by atoms with Gasteiger partial charge in [-0.2, -0.15) is 0 Å². The zero-order chi connectivity index (χ0) is 21.9. The van der Waals surface area contributed by atoms with Crippen LogP contribution in [0.25, 0.3) is 0 Å². The lowest BCUT2D eigenvalue weighted by Gasteiger charge is -2.23. The second-order valence-corrected chi connectivity index (χ2v) is 8.52. The molecule has 0 aromatic heterocycles. The van der Waals surface area contributed by atoms with E-state index in [0.29, 0.717) is 12.2 Å². The summed E-state index contributed by atoms with van der Waals surface area (Å²) >= 11 is 0. The summed E-state index contributed by atoms with van der Waals surface area (Å²) < 4.78 is 5.25. The highest BCUT2D eigenvalue weighted by atomic mass is 16.6. The Labute approximate surface area is 175 Å². The second kappa shape index (κ2) is 11.7. The number of amides is 1. The third-order valence-corrected chi connectivity index (χ3v) is 4.50. The fourth-order valence-electron chi connectivity index (χ4n) is 2.39. The number of aliphatic hydroxyl groups excluding tert-OH is 1. The maximum atomic E-state index is 11.8. The van der Waals surface area contributed by atoms with E-state index in [1.165, 1.54) is 0 Å². The van der Waals surface area contributed by atoms with Gasteiger partial charge in [0.1, 0.15) is 5.60 Å². The molecule has 0 spiro atoms. The fraction of sp³-hybridized carbons (Fsp3) is 0.636. The number of aliphatic imine (C=N–C) groups is 1. The molecule has 1 rings (SSSR count). The molecule has 0 aliphatic rings. The minimum Gasteiger partial charge on any atom is -0.444 e. The Morgan fingerprint density at radius 3 is 2.28 bits per heavy atom. The number of aliphatic hydroxyl groups is 1. The summed E-state index contributed by atoms with van der Waals surface area (Å²) in [6.07, 6.45) is 1.23. The van der Waals surface area contributed by atoms with Crippen LogP contribution >= 0.6 is 0 Å². The van der Waals surface area contributed by atoms with Crippen LogP contribution in [-0.2, 0) is 11.2 Å². The summed E-state index contributed by atoms with van der Waals surface area (Å²) in [7, 11) is 0. The molecule has 1 amide bonds. The molecule has 164 valence electrons. The molecule has 29 heavy (non-hydrogen) atoms. The number of benzene rings is 1. The summed E-state index contributed by atoms with van der Waals surface area (Å²) in [5.74, 6) is 0.754. The molecule has 7 nitrogen and oxygen atoms in total. The SMILES string of the molecule is CCNC(=NCC(C)(CC)CO)NCCc1ccc(NC(=O)OC(C)(C)C)cc1. The van der Waals surface area contributed by atoms with Gasteiger partial charge in [-0.05, 0) is 58.2 Å². The number of anilines is 1. The van der Waals surface area contributed by atoms with E-state index in [9.17, 15) is 9.90 Å². The molecule has 0 heterocycles. The van der Waals surface area contributed by atoms with E-state index in [0.717, 1.165) is 37.5 Å². The number of carbonyl (C=O) groups is 1. The fourth-order valence-corrected chi connectivity index (χ4v) is 2.39. The van der Waals surface area contributed by atoms with Crippen LogP contribution in [0.5, 0.6) is 0 Å². The van der Waals surface area contributed by atoms with E-state index in [-0.39, 0.29) is 12.0 Å². The lowest BCUT2D eigenvalue weighted by Crippen LogP contribution is -2.39. The van der Waals surface area contributed by atoms with E-state index in [1.54, 1.807) is 0 Å². The van der Waals surface area contributed by atoms with Crippen molar-refractivity contribution in [3.63, 3.8) is 0 Å². The van der Waals surface area contributed by atoms with Crippen LogP contribution in [0.2, 0.25) is 0 Å². The van der Waals surface area contributed by atoms with Gasteiger partial charge < -0.3 is 20.5 Å². The van der Waals surface area contributed by atoms with Crippen molar-refractivity contribution in [2.75, 3.05) is 31.6 Å². The van der Waals surface area contributed by atoms with Gasteiger partial charge in [0.25, 0.3) is 0 Å². The molecule has 0 saturated heterocycles. The molecule has 1 unspecified atom stereocenters. The quantitative estimate of drug-likeness (QED) is 0.372. The second-order valence-electron chi connectivity index (χ2n) is 8.52. The topological polar surface area (TPSA) is 95.0 Å². The first-order valence-electron chi connectivity index (χ1n) is 10.3. The smallest absolute Gasteiger partial charge is 0.412 e. The highest BCUT2D eigenvalue weighted by Gasteiger charge is 2.20. The average Bonchev–Trinajstić information content (AvgIpc) is 2.65.